The van der Waals surface area contributed by atoms with Gasteiger partial charge in [0.1, 0.15) is 10.7 Å². The van der Waals surface area contributed by atoms with Crippen molar-refractivity contribution in [3.8, 4) is 0 Å². The molecular formula is C18H23N3OS2. The molecule has 1 aliphatic carbocycles. The maximum absolute atomic E-state index is 12.5. The minimum absolute atomic E-state index is 0.117. The molecule has 0 saturated heterocycles. The molecule has 1 aliphatic rings. The van der Waals surface area contributed by atoms with Gasteiger partial charge in [0.25, 0.3) is 5.91 Å². The van der Waals surface area contributed by atoms with Crippen LogP contribution in [0.4, 0.5) is 5.82 Å². The molecule has 6 heteroatoms. The Hall–Kier alpha value is -1.66. The van der Waals surface area contributed by atoms with Gasteiger partial charge in [-0.15, -0.1) is 0 Å². The number of amides is 1. The van der Waals surface area contributed by atoms with Gasteiger partial charge in [-0.3, -0.25) is 4.79 Å². The van der Waals surface area contributed by atoms with E-state index in [4.69, 9.17) is 18.0 Å². The first-order valence-electron chi connectivity index (χ1n) is 8.49. The number of anilines is 1. The van der Waals surface area contributed by atoms with E-state index in [0.717, 1.165) is 19.3 Å². The number of benzene rings is 1. The second kappa shape index (κ2) is 7.94. The van der Waals surface area contributed by atoms with Crippen molar-refractivity contribution in [3.05, 3.63) is 44.7 Å². The molecule has 1 heterocycles. The number of nitrogens with zero attached hydrogens (tertiary/aromatic N) is 1. The third kappa shape index (κ3) is 3.87. The summed E-state index contributed by atoms with van der Waals surface area (Å²) in [5, 5.41) is 2.96. The molecule has 3 N–H and O–H groups in total. The number of nitrogen functional groups attached to an aromatic ring is 1. The van der Waals surface area contributed by atoms with Crippen molar-refractivity contribution in [2.24, 2.45) is 0 Å². The van der Waals surface area contributed by atoms with Crippen LogP contribution in [0, 0.1) is 3.95 Å². The Labute approximate surface area is 151 Å². The summed E-state index contributed by atoms with van der Waals surface area (Å²) in [6.07, 6.45) is 6.71. The largest absolute Gasteiger partial charge is 0.384 e. The zero-order valence-corrected chi connectivity index (χ0v) is 15.3. The summed E-state index contributed by atoms with van der Waals surface area (Å²) in [5.41, 5.74) is 7.47. The number of nitrogens with one attached hydrogen (secondary N) is 1. The van der Waals surface area contributed by atoms with E-state index in [1.54, 1.807) is 0 Å². The zero-order valence-electron chi connectivity index (χ0n) is 13.7. The summed E-state index contributed by atoms with van der Waals surface area (Å²) >= 11 is 6.80. The van der Waals surface area contributed by atoms with Crippen LogP contribution < -0.4 is 11.1 Å². The summed E-state index contributed by atoms with van der Waals surface area (Å²) < 4.78 is 2.72. The Kier molecular flexibility index (Phi) is 5.68. The van der Waals surface area contributed by atoms with Gasteiger partial charge in [0.15, 0.2) is 3.95 Å². The standard InChI is InChI=1S/C18H23N3OS2/c19-16-15(17(22)20-12-11-13-7-3-1-4-8-13)24-18(23)21(16)14-9-5-2-6-10-14/h1,3-4,7-8,14H,2,5-6,9-12,19H2,(H,20,22). The van der Waals surface area contributed by atoms with Gasteiger partial charge in [-0.25, -0.2) is 0 Å². The normalized spacial score (nSPS) is 15.3. The SMILES string of the molecule is Nc1c(C(=O)NCCc2ccccc2)sc(=S)n1C1CCCCC1. The molecular weight excluding hydrogens is 338 g/mol. The minimum Gasteiger partial charge on any atom is -0.384 e. The molecule has 0 bridgehead atoms. The average Bonchev–Trinajstić information content (AvgIpc) is 2.91. The Morgan fingerprint density at radius 1 is 1.25 bits per heavy atom. The highest BCUT2D eigenvalue weighted by Gasteiger charge is 2.23. The third-order valence-corrected chi connectivity index (χ3v) is 5.98. The minimum atomic E-state index is -0.117. The van der Waals surface area contributed by atoms with Crippen LogP contribution in [0.25, 0.3) is 0 Å². The number of thiazole rings is 1. The molecule has 0 unspecified atom stereocenters. The van der Waals surface area contributed by atoms with Crippen LogP contribution in [0.15, 0.2) is 30.3 Å². The summed E-state index contributed by atoms with van der Waals surface area (Å²) in [7, 11) is 0. The van der Waals surface area contributed by atoms with Crippen molar-refractivity contribution < 1.29 is 4.79 Å². The van der Waals surface area contributed by atoms with Crippen molar-refractivity contribution in [1.29, 1.82) is 0 Å². The molecule has 3 rings (SSSR count). The van der Waals surface area contributed by atoms with Crippen molar-refractivity contribution >= 4 is 35.3 Å². The van der Waals surface area contributed by atoms with Crippen LogP contribution in [-0.4, -0.2) is 17.0 Å². The molecule has 128 valence electrons. The van der Waals surface area contributed by atoms with Crippen LogP contribution in [0.2, 0.25) is 0 Å². The lowest BCUT2D eigenvalue weighted by Crippen LogP contribution is -2.26. The number of carbonyl (C=O) groups excluding carboxylic acids is 1. The first-order valence-corrected chi connectivity index (χ1v) is 9.72. The van der Waals surface area contributed by atoms with Crippen LogP contribution in [-0.2, 0) is 6.42 Å². The predicted molar refractivity (Wildman–Crippen MR) is 102 cm³/mol. The highest BCUT2D eigenvalue weighted by molar-refractivity contribution is 7.73. The predicted octanol–water partition coefficient (Wildman–Crippen LogP) is 4.34. The van der Waals surface area contributed by atoms with Crippen LogP contribution >= 0.6 is 23.6 Å². The highest BCUT2D eigenvalue weighted by atomic mass is 32.1. The monoisotopic (exact) mass is 361 g/mol. The summed E-state index contributed by atoms with van der Waals surface area (Å²) in [5.74, 6) is 0.420. The maximum atomic E-state index is 12.5. The molecule has 0 spiro atoms. The molecule has 1 saturated carbocycles. The molecule has 0 aliphatic heterocycles. The summed E-state index contributed by atoms with van der Waals surface area (Å²) in [6.45, 7) is 0.594. The lowest BCUT2D eigenvalue weighted by atomic mass is 9.95. The number of nitrogens with two attached hydrogens (primary N) is 1. The number of aromatic nitrogens is 1. The first kappa shape index (κ1) is 17.2. The van der Waals surface area contributed by atoms with Crippen LogP contribution in [0.1, 0.15) is 53.4 Å². The first-order chi connectivity index (χ1) is 11.7. The molecule has 4 nitrogen and oxygen atoms in total. The molecule has 1 aromatic heterocycles. The van der Waals surface area contributed by atoms with Gasteiger partial charge in [-0.05, 0) is 37.0 Å². The van der Waals surface area contributed by atoms with Gasteiger partial charge in [0.2, 0.25) is 0 Å². The lowest BCUT2D eigenvalue weighted by Gasteiger charge is -2.24. The summed E-state index contributed by atoms with van der Waals surface area (Å²) in [4.78, 5) is 13.0. The number of hydrogen-bond acceptors (Lipinski definition) is 4. The van der Waals surface area contributed by atoms with Gasteiger partial charge < -0.3 is 15.6 Å². The lowest BCUT2D eigenvalue weighted by molar-refractivity contribution is 0.0958. The third-order valence-electron chi connectivity index (χ3n) is 4.57. The van der Waals surface area contributed by atoms with Crippen molar-refractivity contribution in [2.75, 3.05) is 12.3 Å². The second-order valence-corrected chi connectivity index (χ2v) is 7.88. The summed E-state index contributed by atoms with van der Waals surface area (Å²) in [6, 6.07) is 10.5. The quantitative estimate of drug-likeness (QED) is 0.779. The van der Waals surface area contributed by atoms with E-state index in [9.17, 15) is 4.79 Å². The van der Waals surface area contributed by atoms with Crippen molar-refractivity contribution in [1.82, 2.24) is 9.88 Å². The number of hydrogen-bond donors (Lipinski definition) is 2. The van der Waals surface area contributed by atoms with Gasteiger partial charge >= 0.3 is 0 Å². The van der Waals surface area contributed by atoms with Crippen LogP contribution in [0.5, 0.6) is 0 Å². The number of carbonyl (C=O) groups is 1. The van der Waals surface area contributed by atoms with E-state index in [1.807, 2.05) is 22.8 Å². The Morgan fingerprint density at radius 3 is 2.67 bits per heavy atom. The fourth-order valence-electron chi connectivity index (χ4n) is 3.29. The van der Waals surface area contributed by atoms with Crippen molar-refractivity contribution in [2.45, 2.75) is 44.6 Å². The van der Waals surface area contributed by atoms with Gasteiger partial charge in [-0.2, -0.15) is 0 Å². The van der Waals surface area contributed by atoms with Crippen molar-refractivity contribution in [3.63, 3.8) is 0 Å². The van der Waals surface area contributed by atoms with E-state index in [0.29, 0.717) is 27.2 Å². The zero-order chi connectivity index (χ0) is 16.9. The van der Waals surface area contributed by atoms with E-state index in [2.05, 4.69) is 17.4 Å². The van der Waals surface area contributed by atoms with E-state index in [1.165, 1.54) is 36.2 Å². The van der Waals surface area contributed by atoms with Gasteiger partial charge in [-0.1, -0.05) is 60.9 Å². The Morgan fingerprint density at radius 2 is 1.96 bits per heavy atom. The molecule has 1 amide bonds. The fourth-order valence-corrected chi connectivity index (χ4v) is 4.68. The van der Waals surface area contributed by atoms with Gasteiger partial charge in [0.05, 0.1) is 0 Å². The molecule has 1 fully saturated rings. The Balaban J connectivity index is 1.65. The molecule has 2 aromatic rings. The number of rotatable bonds is 5. The Bertz CT molecular complexity index is 745. The fraction of sp³-hybridized carbons (Fsp3) is 0.444. The molecule has 0 radical (unpaired) electrons. The van der Waals surface area contributed by atoms with E-state index >= 15 is 0 Å². The van der Waals surface area contributed by atoms with Gasteiger partial charge in [0, 0.05) is 12.6 Å². The average molecular weight is 362 g/mol. The topological polar surface area (TPSA) is 60.1 Å². The smallest absolute Gasteiger partial charge is 0.265 e. The maximum Gasteiger partial charge on any atom is 0.265 e. The molecule has 0 atom stereocenters. The van der Waals surface area contributed by atoms with E-state index in [-0.39, 0.29) is 5.91 Å². The van der Waals surface area contributed by atoms with E-state index < -0.39 is 0 Å². The second-order valence-electron chi connectivity index (χ2n) is 6.24. The molecule has 24 heavy (non-hydrogen) atoms. The molecule has 1 aromatic carbocycles. The van der Waals surface area contributed by atoms with Crippen LogP contribution in [0.3, 0.4) is 0 Å². The highest BCUT2D eigenvalue weighted by Crippen LogP contribution is 2.34.